The van der Waals surface area contributed by atoms with Crippen LogP contribution in [-0.2, 0) is 25.4 Å². The SMILES string of the molecule is CC(=O)N[C@@H](Cc1ccc(OCC(=O)O)c(P(=O)(O)O)c1)C(=O)N[C@H]1CCCOc2cc(OCC3CCCCC3)c(C(N)=O)cc21. The number of primary amides is 1. The number of rotatable bonds is 13. The molecule has 1 aliphatic carbocycles. The molecule has 3 amide bonds. The van der Waals surface area contributed by atoms with E-state index in [4.69, 9.17) is 25.1 Å². The fraction of sp³-hybridized carbons (Fsp3) is 0.484. The molecule has 2 aromatic rings. The number of amides is 3. The standard InChI is InChI=1S/C31H40N3O11P/c1-18(35)33-24(12-20-9-10-25(45-17-29(36)37)28(13-20)46(40,41)42)31(39)34-23-8-5-11-43-26-15-27(22(30(32)38)14-21(23)26)44-16-19-6-3-2-4-7-19/h9-10,13-15,19,23-24H,2-8,11-12,16-17H2,1H3,(H2,32,38)(H,33,35)(H,34,39)(H,36,37)(H2,40,41,42)/t23-,24-/m0/s1. The maximum absolute atomic E-state index is 13.6. The van der Waals surface area contributed by atoms with E-state index < -0.39 is 55.3 Å². The molecule has 0 spiro atoms. The van der Waals surface area contributed by atoms with Crippen molar-refractivity contribution < 1.29 is 52.8 Å². The lowest BCUT2D eigenvalue weighted by atomic mass is 9.90. The number of carbonyl (C=O) groups excluding carboxylic acids is 3. The Labute approximate surface area is 266 Å². The van der Waals surface area contributed by atoms with Gasteiger partial charge in [-0.25, -0.2) is 4.79 Å². The predicted octanol–water partition coefficient (Wildman–Crippen LogP) is 2.09. The highest BCUT2D eigenvalue weighted by atomic mass is 31.2. The van der Waals surface area contributed by atoms with Crippen LogP contribution in [0.15, 0.2) is 30.3 Å². The molecule has 1 saturated carbocycles. The zero-order valence-corrected chi connectivity index (χ0v) is 26.4. The first-order chi connectivity index (χ1) is 21.8. The second-order valence-corrected chi connectivity index (χ2v) is 13.2. The molecular formula is C31H40N3O11P. The summed E-state index contributed by atoms with van der Waals surface area (Å²) in [4.78, 5) is 68.8. The van der Waals surface area contributed by atoms with Gasteiger partial charge in [-0.3, -0.25) is 18.9 Å². The third-order valence-corrected chi connectivity index (χ3v) is 8.96. The van der Waals surface area contributed by atoms with Gasteiger partial charge in [0.15, 0.2) is 6.61 Å². The van der Waals surface area contributed by atoms with E-state index in [2.05, 4.69) is 10.6 Å². The van der Waals surface area contributed by atoms with Crippen LogP contribution >= 0.6 is 7.60 Å². The lowest BCUT2D eigenvalue weighted by molar-refractivity contribution is -0.139. The molecule has 15 heteroatoms. The van der Waals surface area contributed by atoms with E-state index in [0.717, 1.165) is 31.7 Å². The number of nitrogens with one attached hydrogen (secondary N) is 2. The van der Waals surface area contributed by atoms with Gasteiger partial charge >= 0.3 is 13.6 Å². The topological polar surface area (TPSA) is 224 Å². The summed E-state index contributed by atoms with van der Waals surface area (Å²) in [5.41, 5.74) is 6.69. The largest absolute Gasteiger partial charge is 0.493 e. The van der Waals surface area contributed by atoms with Gasteiger partial charge in [-0.15, -0.1) is 0 Å². The number of ether oxygens (including phenoxy) is 3. The predicted molar refractivity (Wildman–Crippen MR) is 165 cm³/mol. The number of aliphatic carboxylic acids is 1. The summed E-state index contributed by atoms with van der Waals surface area (Å²) in [6.07, 6.45) is 6.46. The van der Waals surface area contributed by atoms with E-state index in [1.807, 2.05) is 0 Å². The molecule has 250 valence electrons. The Kier molecular flexibility index (Phi) is 11.7. The molecule has 0 radical (unpaired) electrons. The smallest absolute Gasteiger partial charge is 0.359 e. The lowest BCUT2D eigenvalue weighted by Gasteiger charge is -2.25. The molecule has 2 aliphatic rings. The van der Waals surface area contributed by atoms with Crippen molar-refractivity contribution in [3.8, 4) is 17.2 Å². The van der Waals surface area contributed by atoms with Crippen LogP contribution in [0.2, 0.25) is 0 Å². The van der Waals surface area contributed by atoms with Gasteiger partial charge in [0.05, 0.1) is 24.8 Å². The average molecular weight is 662 g/mol. The number of hydrogen-bond donors (Lipinski definition) is 6. The van der Waals surface area contributed by atoms with Crippen molar-refractivity contribution in [2.45, 2.75) is 70.4 Å². The zero-order valence-electron chi connectivity index (χ0n) is 25.5. The van der Waals surface area contributed by atoms with Crippen molar-refractivity contribution in [3.63, 3.8) is 0 Å². The number of carboxylic acids is 1. The first kappa shape index (κ1) is 34.7. The summed E-state index contributed by atoms with van der Waals surface area (Å²) in [5, 5.41) is 13.8. The van der Waals surface area contributed by atoms with Crippen LogP contribution in [0.4, 0.5) is 0 Å². The van der Waals surface area contributed by atoms with Gasteiger partial charge in [0.25, 0.3) is 5.91 Å². The van der Waals surface area contributed by atoms with Gasteiger partial charge in [-0.1, -0.05) is 25.3 Å². The molecule has 7 N–H and O–H groups in total. The van der Waals surface area contributed by atoms with E-state index in [-0.39, 0.29) is 23.3 Å². The highest BCUT2D eigenvalue weighted by Gasteiger charge is 2.30. The minimum Gasteiger partial charge on any atom is -0.493 e. The number of carbonyl (C=O) groups is 4. The van der Waals surface area contributed by atoms with Gasteiger partial charge in [0.1, 0.15) is 28.6 Å². The summed E-state index contributed by atoms with van der Waals surface area (Å²) < 4.78 is 29.2. The van der Waals surface area contributed by atoms with Crippen LogP contribution in [-0.4, -0.2) is 64.4 Å². The molecule has 0 aromatic heterocycles. The first-order valence-corrected chi connectivity index (χ1v) is 16.8. The van der Waals surface area contributed by atoms with Gasteiger partial charge < -0.3 is 45.5 Å². The number of benzene rings is 2. The van der Waals surface area contributed by atoms with Gasteiger partial charge in [-0.05, 0) is 55.4 Å². The van der Waals surface area contributed by atoms with E-state index in [1.54, 1.807) is 12.1 Å². The van der Waals surface area contributed by atoms with E-state index >= 15 is 0 Å². The van der Waals surface area contributed by atoms with Crippen molar-refractivity contribution in [2.75, 3.05) is 19.8 Å². The van der Waals surface area contributed by atoms with E-state index in [0.29, 0.717) is 49.0 Å². The summed E-state index contributed by atoms with van der Waals surface area (Å²) in [7, 11) is -4.91. The molecule has 4 rings (SSSR count). The van der Waals surface area contributed by atoms with Crippen LogP contribution in [0.5, 0.6) is 17.2 Å². The molecule has 0 bridgehead atoms. The first-order valence-electron chi connectivity index (χ1n) is 15.2. The molecular weight excluding hydrogens is 621 g/mol. The highest BCUT2D eigenvalue weighted by Crippen LogP contribution is 2.39. The van der Waals surface area contributed by atoms with Crippen molar-refractivity contribution in [3.05, 3.63) is 47.0 Å². The quantitative estimate of drug-likeness (QED) is 0.171. The van der Waals surface area contributed by atoms with Gasteiger partial charge in [-0.2, -0.15) is 0 Å². The third-order valence-electron chi connectivity index (χ3n) is 7.99. The van der Waals surface area contributed by atoms with E-state index in [1.165, 1.54) is 25.5 Å². The summed E-state index contributed by atoms with van der Waals surface area (Å²) in [6.45, 7) is 1.22. The molecule has 2 aromatic carbocycles. The second kappa shape index (κ2) is 15.4. The van der Waals surface area contributed by atoms with Crippen LogP contribution in [0.3, 0.4) is 0 Å². The Bertz CT molecular complexity index is 1500. The van der Waals surface area contributed by atoms with Crippen LogP contribution in [0.25, 0.3) is 0 Å². The molecule has 0 unspecified atom stereocenters. The molecule has 1 aliphatic heterocycles. The third kappa shape index (κ3) is 9.44. The molecule has 1 heterocycles. The Morgan fingerprint density at radius 2 is 1.76 bits per heavy atom. The Hall–Kier alpha value is -4.13. The normalized spacial score (nSPS) is 17.4. The zero-order chi connectivity index (χ0) is 33.4. The number of carboxylic acid groups (broad SMARTS) is 1. The minimum absolute atomic E-state index is 0.159. The summed E-state index contributed by atoms with van der Waals surface area (Å²) >= 11 is 0. The van der Waals surface area contributed by atoms with Crippen LogP contribution in [0, 0.1) is 5.92 Å². The maximum Gasteiger partial charge on any atom is 0.359 e. The molecule has 46 heavy (non-hydrogen) atoms. The van der Waals surface area contributed by atoms with Crippen molar-refractivity contribution >= 4 is 36.6 Å². The molecule has 0 saturated heterocycles. The maximum atomic E-state index is 13.6. The number of nitrogens with two attached hydrogens (primary N) is 1. The van der Waals surface area contributed by atoms with E-state index in [9.17, 15) is 33.5 Å². The van der Waals surface area contributed by atoms with Crippen molar-refractivity contribution in [1.29, 1.82) is 0 Å². The number of fused-ring (bicyclic) bond motifs is 1. The summed E-state index contributed by atoms with van der Waals surface area (Å²) in [6, 6.07) is 5.15. The van der Waals surface area contributed by atoms with Gasteiger partial charge in [0.2, 0.25) is 11.8 Å². The second-order valence-electron chi connectivity index (χ2n) is 11.6. The van der Waals surface area contributed by atoms with Crippen LogP contribution < -0.4 is 35.9 Å². The Morgan fingerprint density at radius 1 is 1.02 bits per heavy atom. The lowest BCUT2D eigenvalue weighted by Crippen LogP contribution is -2.48. The molecule has 1 fully saturated rings. The minimum atomic E-state index is -4.91. The Balaban J connectivity index is 1.57. The van der Waals surface area contributed by atoms with Crippen molar-refractivity contribution in [1.82, 2.24) is 10.6 Å². The number of hydrogen-bond acceptors (Lipinski definition) is 8. The summed E-state index contributed by atoms with van der Waals surface area (Å²) in [5.74, 6) is -2.31. The molecule has 2 atom stereocenters. The van der Waals surface area contributed by atoms with Gasteiger partial charge in [0, 0.05) is 25.0 Å². The fourth-order valence-electron chi connectivity index (χ4n) is 5.77. The fourth-order valence-corrected chi connectivity index (χ4v) is 6.53. The van der Waals surface area contributed by atoms with Crippen molar-refractivity contribution in [2.24, 2.45) is 11.7 Å². The molecule has 14 nitrogen and oxygen atoms in total. The van der Waals surface area contributed by atoms with Crippen LogP contribution in [0.1, 0.15) is 79.4 Å². The average Bonchev–Trinajstić information content (AvgIpc) is 3.19. The Morgan fingerprint density at radius 3 is 2.41 bits per heavy atom. The monoisotopic (exact) mass is 661 g/mol. The highest BCUT2D eigenvalue weighted by molar-refractivity contribution is 7.60.